The van der Waals surface area contributed by atoms with Crippen LogP contribution >= 0.6 is 0 Å². The maximum absolute atomic E-state index is 14.9. The lowest BCUT2D eigenvalue weighted by Crippen LogP contribution is -2.59. The van der Waals surface area contributed by atoms with Crippen molar-refractivity contribution in [2.24, 2.45) is 11.3 Å². The van der Waals surface area contributed by atoms with Crippen molar-refractivity contribution in [3.63, 3.8) is 0 Å². The van der Waals surface area contributed by atoms with Gasteiger partial charge in [0, 0.05) is 17.4 Å². The zero-order valence-corrected chi connectivity index (χ0v) is 34.1. The first-order valence-corrected chi connectivity index (χ1v) is 21.2. The third-order valence-electron chi connectivity index (χ3n) is 11.4. The molecule has 4 heterocycles. The van der Waals surface area contributed by atoms with E-state index in [4.69, 9.17) is 19.1 Å². The molecule has 8 rings (SSSR count). The van der Waals surface area contributed by atoms with E-state index in [1.165, 1.54) is 4.90 Å². The standard InChI is InChI=1S/C41H46F2N8O7S/c1-39(2,3)31-35(53)51-21-24(19-29(51)33(52)47-41(20-26(41)32(42)43)36(54)50-59(55,56)25-15-16-25)57-34-30(44-27-13-6-7-14-28(27)45-34)23-12-8-10-22(18-23)11-9-17-40(4,5)37-48-49-38(46-31)58-37/h6-14,18,24-26,29,31-32H,15-17,19-21H2,1-5H3,(H,46,49)(H,47,52)(H,50,54)/b11-9+/t24-,26+,29+,31-,41-/m1/s1. The first-order valence-electron chi connectivity index (χ1n) is 19.6. The highest BCUT2D eigenvalue weighted by molar-refractivity contribution is 7.91. The van der Waals surface area contributed by atoms with Gasteiger partial charge < -0.3 is 24.7 Å². The molecule has 3 fully saturated rings. The van der Waals surface area contributed by atoms with Crippen LogP contribution in [0.25, 0.3) is 28.4 Å². The number of hydrogen-bond donors (Lipinski definition) is 3. The van der Waals surface area contributed by atoms with E-state index in [0.717, 1.165) is 5.56 Å². The molecular weight excluding hydrogens is 787 g/mol. The number of allylic oxidation sites excluding steroid dienone is 1. The Kier molecular flexibility index (Phi) is 9.99. The van der Waals surface area contributed by atoms with Crippen LogP contribution in [-0.4, -0.2) is 93.2 Å². The van der Waals surface area contributed by atoms with Crippen LogP contribution in [0.3, 0.4) is 0 Å². The highest BCUT2D eigenvalue weighted by Gasteiger charge is 2.67. The summed E-state index contributed by atoms with van der Waals surface area (Å²) in [5, 5.41) is 13.3. The van der Waals surface area contributed by atoms with Gasteiger partial charge in [0.2, 0.25) is 40.0 Å². The predicted octanol–water partition coefficient (Wildman–Crippen LogP) is 5.00. The fraction of sp³-hybridized carbons (Fsp3) is 0.488. The van der Waals surface area contributed by atoms with Crippen molar-refractivity contribution in [1.82, 2.24) is 35.1 Å². The number of nitrogens with zero attached hydrogens (tertiary/aromatic N) is 5. The molecule has 3 amide bonds. The maximum Gasteiger partial charge on any atom is 0.316 e. The van der Waals surface area contributed by atoms with Gasteiger partial charge in [0.15, 0.2) is 0 Å². The molecule has 2 aliphatic carbocycles. The van der Waals surface area contributed by atoms with Gasteiger partial charge in [-0.05, 0) is 54.9 Å². The number of ether oxygens (including phenoxy) is 1. The van der Waals surface area contributed by atoms with E-state index in [9.17, 15) is 31.6 Å². The van der Waals surface area contributed by atoms with E-state index >= 15 is 0 Å². The van der Waals surface area contributed by atoms with Crippen LogP contribution in [0, 0.1) is 11.3 Å². The van der Waals surface area contributed by atoms with E-state index in [0.29, 0.717) is 47.4 Å². The molecule has 5 atom stereocenters. The monoisotopic (exact) mass is 832 g/mol. The summed E-state index contributed by atoms with van der Waals surface area (Å²) in [4.78, 5) is 53.9. The number of sulfonamides is 1. The minimum Gasteiger partial charge on any atom is -0.471 e. The Labute approximate surface area is 339 Å². The fourth-order valence-electron chi connectivity index (χ4n) is 7.69. The van der Waals surface area contributed by atoms with Crippen molar-refractivity contribution in [1.29, 1.82) is 0 Å². The number of carbonyl (C=O) groups is 3. The summed E-state index contributed by atoms with van der Waals surface area (Å²) in [7, 11) is -4.13. The third-order valence-corrected chi connectivity index (χ3v) is 13.2. The molecule has 0 spiro atoms. The van der Waals surface area contributed by atoms with Crippen LogP contribution in [0.2, 0.25) is 0 Å². The predicted molar refractivity (Wildman–Crippen MR) is 212 cm³/mol. The number of benzene rings is 2. The molecule has 0 radical (unpaired) electrons. The Hall–Kier alpha value is -5.52. The number of para-hydroxylation sites is 2. The van der Waals surface area contributed by atoms with E-state index in [-0.39, 0.29) is 24.9 Å². The average Bonchev–Trinajstić information content (AvgIpc) is 4.07. The number of fused-ring (bicyclic) bond motifs is 9. The van der Waals surface area contributed by atoms with Gasteiger partial charge in [-0.25, -0.2) is 27.2 Å². The van der Waals surface area contributed by atoms with Crippen LogP contribution in [0.1, 0.15) is 78.2 Å². The molecule has 18 heteroatoms. The van der Waals surface area contributed by atoms with E-state index < -0.39 is 86.3 Å². The first kappa shape index (κ1) is 40.3. The van der Waals surface area contributed by atoms with Gasteiger partial charge in [0.25, 0.3) is 5.91 Å². The number of aromatic nitrogens is 4. The number of carbonyl (C=O) groups excluding carboxylic acids is 3. The number of halogens is 2. The zero-order chi connectivity index (χ0) is 42.1. The summed E-state index contributed by atoms with van der Waals surface area (Å²) in [6.07, 6.45) is 0.625. The Bertz CT molecular complexity index is 2470. The number of alkyl halides is 2. The first-order chi connectivity index (χ1) is 27.8. The lowest BCUT2D eigenvalue weighted by molar-refractivity contribution is -0.141. The van der Waals surface area contributed by atoms with Gasteiger partial charge in [-0.2, -0.15) is 0 Å². The molecule has 15 nitrogen and oxygen atoms in total. The highest BCUT2D eigenvalue weighted by atomic mass is 32.2. The number of rotatable bonds is 6. The van der Waals surface area contributed by atoms with Crippen LogP contribution in [0.15, 0.2) is 59.0 Å². The summed E-state index contributed by atoms with van der Waals surface area (Å²) in [6.45, 7) is 9.18. The van der Waals surface area contributed by atoms with Crippen LogP contribution in [0.4, 0.5) is 14.8 Å². The van der Waals surface area contributed by atoms with Crippen LogP contribution in [-0.2, 0) is 29.8 Å². The van der Waals surface area contributed by atoms with Crippen molar-refractivity contribution in [3.05, 3.63) is 66.1 Å². The Morgan fingerprint density at radius 3 is 2.44 bits per heavy atom. The van der Waals surface area contributed by atoms with Gasteiger partial charge in [-0.1, -0.05) is 82.2 Å². The molecule has 2 aromatic carbocycles. The number of anilines is 1. The summed E-state index contributed by atoms with van der Waals surface area (Å²) in [5.74, 6) is -3.91. The zero-order valence-electron chi connectivity index (χ0n) is 33.2. The molecule has 2 saturated carbocycles. The second-order valence-electron chi connectivity index (χ2n) is 17.6. The molecular formula is C41H46F2N8O7S. The molecule has 2 aromatic heterocycles. The van der Waals surface area contributed by atoms with Gasteiger partial charge in [-0.3, -0.25) is 19.1 Å². The maximum atomic E-state index is 14.9. The van der Waals surface area contributed by atoms with Crippen molar-refractivity contribution >= 4 is 50.9 Å². The fourth-order valence-corrected chi connectivity index (χ4v) is 9.05. The quantitative estimate of drug-likeness (QED) is 0.236. The van der Waals surface area contributed by atoms with Gasteiger partial charge in [0.05, 0.1) is 28.7 Å². The lowest BCUT2D eigenvalue weighted by Gasteiger charge is -2.35. The summed E-state index contributed by atoms with van der Waals surface area (Å²) in [5.41, 5.74) is -0.508. The van der Waals surface area contributed by atoms with E-state index in [2.05, 4.69) is 20.8 Å². The van der Waals surface area contributed by atoms with Crippen LogP contribution < -0.4 is 20.1 Å². The molecule has 2 aliphatic heterocycles. The smallest absolute Gasteiger partial charge is 0.316 e. The molecule has 6 bridgehead atoms. The van der Waals surface area contributed by atoms with Crippen molar-refractivity contribution in [3.8, 4) is 17.1 Å². The van der Waals surface area contributed by atoms with Gasteiger partial charge >= 0.3 is 6.01 Å². The van der Waals surface area contributed by atoms with E-state index in [1.54, 1.807) is 6.07 Å². The summed E-state index contributed by atoms with van der Waals surface area (Å²) in [6, 6.07) is 12.5. The molecule has 4 aromatic rings. The second kappa shape index (κ2) is 14.6. The summed E-state index contributed by atoms with van der Waals surface area (Å²) < 4.78 is 68.6. The molecule has 1 saturated heterocycles. The van der Waals surface area contributed by atoms with Crippen molar-refractivity contribution in [2.75, 3.05) is 11.9 Å². The minimum atomic E-state index is -4.13. The lowest BCUT2D eigenvalue weighted by atomic mass is 9.85. The van der Waals surface area contributed by atoms with Crippen molar-refractivity contribution < 1.29 is 40.7 Å². The normalized spacial score (nSPS) is 26.1. The van der Waals surface area contributed by atoms with Gasteiger partial charge in [0.1, 0.15) is 29.4 Å². The molecule has 0 unspecified atom stereocenters. The highest BCUT2D eigenvalue weighted by Crippen LogP contribution is 2.48. The van der Waals surface area contributed by atoms with Gasteiger partial charge in [-0.15, -0.1) is 5.10 Å². The molecule has 4 aliphatic rings. The number of nitrogens with one attached hydrogen (secondary N) is 3. The molecule has 312 valence electrons. The Balaban J connectivity index is 1.20. The summed E-state index contributed by atoms with van der Waals surface area (Å²) >= 11 is 0. The Morgan fingerprint density at radius 1 is 1.03 bits per heavy atom. The molecule has 59 heavy (non-hydrogen) atoms. The number of amides is 3. The third kappa shape index (κ3) is 7.98. The number of hydrogen-bond acceptors (Lipinski definition) is 12. The van der Waals surface area contributed by atoms with Crippen molar-refractivity contribution in [2.45, 2.75) is 108 Å². The van der Waals surface area contributed by atoms with Crippen LogP contribution in [0.5, 0.6) is 5.88 Å². The molecule has 3 N–H and O–H groups in total. The Morgan fingerprint density at radius 2 is 1.76 bits per heavy atom. The van der Waals surface area contributed by atoms with E-state index in [1.807, 2.05) is 94.0 Å². The second-order valence-corrected chi connectivity index (χ2v) is 19.6. The topological polar surface area (TPSA) is 199 Å². The average molecular weight is 833 g/mol. The largest absolute Gasteiger partial charge is 0.471 e. The SMILES string of the molecule is CC1(C)C/C=C/c2cccc(c2)-c2nc3ccccc3nc2O[C@@H]2C[C@@H](C(=O)N[C@]3(C(=O)NS(=O)(=O)C4CC4)C[C@H]3C(F)F)N(C2)C(=O)[C@H](C(C)(C)C)Nc2nnc1o2. The minimum absolute atomic E-state index is 0.0229.